The third-order valence-corrected chi connectivity index (χ3v) is 4.38. The van der Waals surface area contributed by atoms with Crippen LogP contribution in [-0.4, -0.2) is 54.4 Å². The molecule has 0 aromatic heterocycles. The molecule has 2 aliphatic rings. The van der Waals surface area contributed by atoms with E-state index in [1.54, 1.807) is 4.90 Å². The summed E-state index contributed by atoms with van der Waals surface area (Å²) >= 11 is 0. The van der Waals surface area contributed by atoms with Crippen molar-refractivity contribution in [2.75, 3.05) is 26.2 Å². The van der Waals surface area contributed by atoms with E-state index in [1.165, 1.54) is 6.42 Å². The van der Waals surface area contributed by atoms with Gasteiger partial charge in [-0.15, -0.1) is 0 Å². The zero-order valence-electron chi connectivity index (χ0n) is 12.6. The first kappa shape index (κ1) is 16.1. The summed E-state index contributed by atoms with van der Waals surface area (Å²) in [5.41, 5.74) is 0. The van der Waals surface area contributed by atoms with Gasteiger partial charge in [0.15, 0.2) is 0 Å². The summed E-state index contributed by atoms with van der Waals surface area (Å²) in [6.07, 6.45) is 6.41. The van der Waals surface area contributed by atoms with Crippen LogP contribution in [0.2, 0.25) is 0 Å². The topological polar surface area (TPSA) is 78.9 Å². The van der Waals surface area contributed by atoms with E-state index in [4.69, 9.17) is 9.84 Å². The van der Waals surface area contributed by atoms with Crippen molar-refractivity contribution < 1.29 is 19.4 Å². The third-order valence-electron chi connectivity index (χ3n) is 4.38. The van der Waals surface area contributed by atoms with Crippen LogP contribution in [0.5, 0.6) is 0 Å². The Morgan fingerprint density at radius 2 is 1.95 bits per heavy atom. The molecule has 2 heterocycles. The molecule has 2 saturated heterocycles. The summed E-state index contributed by atoms with van der Waals surface area (Å²) in [4.78, 5) is 24.5. The van der Waals surface area contributed by atoms with Crippen LogP contribution in [0.1, 0.15) is 44.9 Å². The third kappa shape index (κ3) is 5.53. The minimum Gasteiger partial charge on any atom is -0.481 e. The first-order chi connectivity index (χ1) is 10.1. The van der Waals surface area contributed by atoms with Gasteiger partial charge in [-0.05, 0) is 44.4 Å². The number of carboxylic acid groups (broad SMARTS) is 1. The molecular formula is C15H26N2O4. The van der Waals surface area contributed by atoms with Gasteiger partial charge >= 0.3 is 12.0 Å². The number of carbonyl (C=O) groups excluding carboxylic acids is 1. The zero-order chi connectivity index (χ0) is 15.1. The maximum atomic E-state index is 12.0. The fraction of sp³-hybridized carbons (Fsp3) is 0.867. The fourth-order valence-corrected chi connectivity index (χ4v) is 3.07. The smallest absolute Gasteiger partial charge is 0.317 e. The molecule has 0 saturated carbocycles. The minimum absolute atomic E-state index is 0.0282. The maximum Gasteiger partial charge on any atom is 0.317 e. The van der Waals surface area contributed by atoms with Gasteiger partial charge in [0.2, 0.25) is 0 Å². The van der Waals surface area contributed by atoms with Crippen molar-refractivity contribution in [3.05, 3.63) is 0 Å². The van der Waals surface area contributed by atoms with Crippen molar-refractivity contribution in [2.24, 2.45) is 5.92 Å². The Kier molecular flexibility index (Phi) is 6.29. The van der Waals surface area contributed by atoms with Gasteiger partial charge in [-0.2, -0.15) is 0 Å². The van der Waals surface area contributed by atoms with Gasteiger partial charge < -0.3 is 20.1 Å². The number of carbonyl (C=O) groups is 2. The number of urea groups is 1. The first-order valence-electron chi connectivity index (χ1n) is 8.01. The van der Waals surface area contributed by atoms with Gasteiger partial charge in [-0.25, -0.2) is 4.79 Å². The van der Waals surface area contributed by atoms with Gasteiger partial charge in [-0.3, -0.25) is 4.79 Å². The quantitative estimate of drug-likeness (QED) is 0.812. The Hall–Kier alpha value is -1.30. The Balaban J connectivity index is 1.59. The molecule has 1 atom stereocenters. The van der Waals surface area contributed by atoms with Crippen LogP contribution in [-0.2, 0) is 9.53 Å². The number of rotatable bonds is 5. The lowest BCUT2D eigenvalue weighted by molar-refractivity contribution is -0.138. The molecule has 6 heteroatoms. The molecule has 120 valence electrons. The number of aliphatic carboxylic acids is 1. The number of carboxylic acids is 1. The minimum atomic E-state index is -0.745. The summed E-state index contributed by atoms with van der Waals surface area (Å²) in [6, 6.07) is -0.0282. The number of nitrogens with zero attached hydrogens (tertiary/aromatic N) is 1. The molecule has 0 spiro atoms. The average Bonchev–Trinajstić information content (AvgIpc) is 2.48. The van der Waals surface area contributed by atoms with Crippen LogP contribution in [0.4, 0.5) is 4.79 Å². The number of amides is 2. The number of hydrogen-bond donors (Lipinski definition) is 2. The Bertz CT molecular complexity index is 348. The van der Waals surface area contributed by atoms with Crippen molar-refractivity contribution in [1.29, 1.82) is 0 Å². The lowest BCUT2D eigenvalue weighted by Gasteiger charge is -2.31. The van der Waals surface area contributed by atoms with Crippen LogP contribution in [0.25, 0.3) is 0 Å². The summed E-state index contributed by atoms with van der Waals surface area (Å²) in [7, 11) is 0. The maximum absolute atomic E-state index is 12.0. The highest BCUT2D eigenvalue weighted by molar-refractivity contribution is 5.74. The molecule has 1 unspecified atom stereocenters. The van der Waals surface area contributed by atoms with Gasteiger partial charge in [0.1, 0.15) is 0 Å². The zero-order valence-corrected chi connectivity index (χ0v) is 12.6. The van der Waals surface area contributed by atoms with E-state index in [-0.39, 0.29) is 18.4 Å². The highest BCUT2D eigenvalue weighted by Crippen LogP contribution is 2.20. The fourth-order valence-electron chi connectivity index (χ4n) is 3.07. The van der Waals surface area contributed by atoms with E-state index in [0.717, 1.165) is 38.7 Å². The first-order valence-corrected chi connectivity index (χ1v) is 8.01. The summed E-state index contributed by atoms with van der Waals surface area (Å²) in [5.74, 6) is -0.535. The predicted octanol–water partition coefficient (Wildman–Crippen LogP) is 1.84. The van der Waals surface area contributed by atoms with Crippen LogP contribution in [0, 0.1) is 5.92 Å². The van der Waals surface area contributed by atoms with Gasteiger partial charge in [-0.1, -0.05) is 0 Å². The van der Waals surface area contributed by atoms with Gasteiger partial charge in [0.25, 0.3) is 0 Å². The van der Waals surface area contributed by atoms with E-state index in [1.807, 2.05) is 0 Å². The Morgan fingerprint density at radius 3 is 2.57 bits per heavy atom. The molecule has 0 aromatic rings. The van der Waals surface area contributed by atoms with Crippen LogP contribution >= 0.6 is 0 Å². The van der Waals surface area contributed by atoms with E-state index in [0.29, 0.717) is 25.7 Å². The summed E-state index contributed by atoms with van der Waals surface area (Å²) in [5, 5.41) is 11.7. The van der Waals surface area contributed by atoms with Crippen molar-refractivity contribution in [2.45, 2.75) is 51.0 Å². The second kappa shape index (κ2) is 8.22. The second-order valence-corrected chi connectivity index (χ2v) is 6.04. The molecule has 0 bridgehead atoms. The van der Waals surface area contributed by atoms with Crippen molar-refractivity contribution >= 4 is 12.0 Å². The van der Waals surface area contributed by atoms with Crippen molar-refractivity contribution in [1.82, 2.24) is 10.2 Å². The predicted molar refractivity (Wildman–Crippen MR) is 78.2 cm³/mol. The Morgan fingerprint density at radius 1 is 1.19 bits per heavy atom. The number of nitrogens with one attached hydrogen (secondary N) is 1. The van der Waals surface area contributed by atoms with Crippen LogP contribution in [0.15, 0.2) is 0 Å². The summed E-state index contributed by atoms with van der Waals surface area (Å²) in [6.45, 7) is 2.81. The largest absolute Gasteiger partial charge is 0.481 e. The highest BCUT2D eigenvalue weighted by atomic mass is 16.5. The number of hydrogen-bond acceptors (Lipinski definition) is 3. The standard InChI is InChI=1S/C15H26N2O4/c18-14(19)11-12-5-8-17(9-6-12)15(20)16-7-4-13-3-1-2-10-21-13/h12-13H,1-11H2,(H,16,20)(H,18,19). The molecule has 21 heavy (non-hydrogen) atoms. The molecule has 2 rings (SSSR count). The average molecular weight is 298 g/mol. The van der Waals surface area contributed by atoms with Gasteiger partial charge in [0.05, 0.1) is 6.10 Å². The van der Waals surface area contributed by atoms with Gasteiger partial charge in [0, 0.05) is 32.7 Å². The van der Waals surface area contributed by atoms with E-state index in [2.05, 4.69) is 5.32 Å². The Labute approximate surface area is 125 Å². The van der Waals surface area contributed by atoms with Crippen molar-refractivity contribution in [3.63, 3.8) is 0 Å². The summed E-state index contributed by atoms with van der Waals surface area (Å²) < 4.78 is 5.64. The molecule has 2 fully saturated rings. The molecule has 0 radical (unpaired) electrons. The second-order valence-electron chi connectivity index (χ2n) is 6.04. The lowest BCUT2D eigenvalue weighted by atomic mass is 9.94. The number of ether oxygens (including phenoxy) is 1. The van der Waals surface area contributed by atoms with E-state index >= 15 is 0 Å². The molecule has 0 aliphatic carbocycles. The molecule has 2 N–H and O–H groups in total. The molecular weight excluding hydrogens is 272 g/mol. The van der Waals surface area contributed by atoms with Crippen LogP contribution in [0.3, 0.4) is 0 Å². The monoisotopic (exact) mass is 298 g/mol. The molecule has 2 amide bonds. The molecule has 0 aromatic carbocycles. The van der Waals surface area contributed by atoms with Crippen LogP contribution < -0.4 is 5.32 Å². The van der Waals surface area contributed by atoms with E-state index in [9.17, 15) is 9.59 Å². The van der Waals surface area contributed by atoms with E-state index < -0.39 is 5.97 Å². The number of likely N-dealkylation sites (tertiary alicyclic amines) is 1. The normalized spacial score (nSPS) is 23.8. The van der Waals surface area contributed by atoms with Crippen molar-refractivity contribution in [3.8, 4) is 0 Å². The highest BCUT2D eigenvalue weighted by Gasteiger charge is 2.24. The molecule has 6 nitrogen and oxygen atoms in total. The lowest BCUT2D eigenvalue weighted by Crippen LogP contribution is -2.45. The molecule has 2 aliphatic heterocycles. The SMILES string of the molecule is O=C(O)CC1CCN(C(=O)NCCC2CCCCO2)CC1. The number of piperidine rings is 1.